The van der Waals surface area contributed by atoms with Crippen molar-refractivity contribution in [1.82, 2.24) is 5.48 Å². The molecule has 0 aromatic heterocycles. The molecule has 2 rings (SSSR count). The molecule has 0 fully saturated rings. The van der Waals surface area contributed by atoms with E-state index in [1.807, 2.05) is 5.48 Å². The van der Waals surface area contributed by atoms with Crippen molar-refractivity contribution in [3.8, 4) is 5.75 Å². The highest BCUT2D eigenvalue weighted by Crippen LogP contribution is 2.32. The number of nitro benzene ring substituents is 1. The van der Waals surface area contributed by atoms with E-state index in [0.29, 0.717) is 4.47 Å². The highest BCUT2D eigenvalue weighted by molar-refractivity contribution is 9.10. The summed E-state index contributed by atoms with van der Waals surface area (Å²) in [6, 6.07) is 8.41. The molecule has 0 spiro atoms. The largest absolute Gasteiger partial charge is 0.502 e. The summed E-state index contributed by atoms with van der Waals surface area (Å²) in [5, 5.41) is 27.7. The number of nitrogens with two attached hydrogens (primary N) is 1. The molecule has 0 unspecified atom stereocenters. The molecule has 2 aromatic rings. The summed E-state index contributed by atoms with van der Waals surface area (Å²) >= 11 is 3.07. The first-order valence-corrected chi connectivity index (χ1v) is 9.60. The molecule has 4 N–H and O–H groups in total. The van der Waals surface area contributed by atoms with Crippen LogP contribution >= 0.6 is 15.9 Å². The fraction of sp³-hybridized carbons (Fsp3) is 0.0667. The molecular weight excluding hydrogens is 458 g/mol. The van der Waals surface area contributed by atoms with Gasteiger partial charge >= 0.3 is 15.8 Å². The maximum absolute atomic E-state index is 12.0. The van der Waals surface area contributed by atoms with Crippen LogP contribution in [0.25, 0.3) is 0 Å². The van der Waals surface area contributed by atoms with E-state index in [4.69, 9.17) is 5.73 Å². The number of nitrogens with one attached hydrogen (secondary N) is 1. The number of phenolic OH excluding ortho intramolecular Hbond substituents is 1. The Hall–Kier alpha value is -3.03. The molecule has 0 aliphatic heterocycles. The second-order valence-corrected chi connectivity index (χ2v) is 7.76. The van der Waals surface area contributed by atoms with E-state index in [2.05, 4.69) is 30.4 Å². The lowest BCUT2D eigenvalue weighted by molar-refractivity contribution is -0.385. The number of hydrogen-bond acceptors (Lipinski definition) is 8. The lowest BCUT2D eigenvalue weighted by atomic mass is 10.2. The zero-order valence-corrected chi connectivity index (χ0v) is 16.6. The standard InChI is InChI=1S/C15H14BrN5O6S/c1-9-2-4-12(5-3-9)28(25,26)27-20-15(17)19-18-8-10-6-11(16)7-13(14(10)22)21(23)24/h2-8,22H,1H3,(H3,17,19,20). The first-order valence-electron chi connectivity index (χ1n) is 7.39. The molecule has 28 heavy (non-hydrogen) atoms. The highest BCUT2D eigenvalue weighted by Gasteiger charge is 2.18. The third-order valence-corrected chi connectivity index (χ3v) is 4.82. The zero-order valence-electron chi connectivity index (χ0n) is 14.2. The molecule has 2 aromatic carbocycles. The van der Waals surface area contributed by atoms with E-state index in [-0.39, 0.29) is 10.5 Å². The maximum atomic E-state index is 12.0. The number of phenols is 1. The summed E-state index contributed by atoms with van der Waals surface area (Å²) in [4.78, 5) is 10.0. The van der Waals surface area contributed by atoms with E-state index >= 15 is 0 Å². The summed E-state index contributed by atoms with van der Waals surface area (Å²) in [5.74, 6) is -1.12. The van der Waals surface area contributed by atoms with E-state index in [1.165, 1.54) is 18.2 Å². The molecule has 148 valence electrons. The summed E-state index contributed by atoms with van der Waals surface area (Å²) in [5.41, 5.74) is 7.71. The summed E-state index contributed by atoms with van der Waals surface area (Å²) < 4.78 is 28.9. The predicted octanol–water partition coefficient (Wildman–Crippen LogP) is 1.93. The van der Waals surface area contributed by atoms with Gasteiger partial charge in [0.05, 0.1) is 16.0 Å². The van der Waals surface area contributed by atoms with Crippen LogP contribution in [0.5, 0.6) is 5.75 Å². The van der Waals surface area contributed by atoms with Crippen LogP contribution in [0.3, 0.4) is 0 Å². The molecule has 0 bridgehead atoms. The second-order valence-electron chi connectivity index (χ2n) is 5.30. The number of nitrogens with zero attached hydrogens (tertiary/aromatic N) is 3. The lowest BCUT2D eigenvalue weighted by Gasteiger charge is -2.06. The van der Waals surface area contributed by atoms with Crippen molar-refractivity contribution < 1.29 is 22.7 Å². The Morgan fingerprint density at radius 1 is 1.36 bits per heavy atom. The van der Waals surface area contributed by atoms with Gasteiger partial charge in [-0.25, -0.2) is 5.48 Å². The molecule has 0 aliphatic carbocycles. The smallest absolute Gasteiger partial charge is 0.317 e. The first-order chi connectivity index (χ1) is 13.1. The topological polar surface area (TPSA) is 170 Å². The number of hydrogen-bond donors (Lipinski definition) is 3. The third kappa shape index (κ3) is 5.48. The van der Waals surface area contributed by atoms with Gasteiger partial charge in [-0.2, -0.15) is 13.5 Å². The number of aryl methyl sites for hydroxylation is 1. The van der Waals surface area contributed by atoms with Gasteiger partial charge in [0, 0.05) is 16.1 Å². The summed E-state index contributed by atoms with van der Waals surface area (Å²) in [6.45, 7) is 1.80. The SMILES string of the molecule is Cc1ccc(S(=O)(=O)ONC(N)=NN=Cc2cc(Br)cc([N+](=O)[O-])c2O)cc1. The molecule has 0 saturated heterocycles. The van der Waals surface area contributed by atoms with E-state index in [9.17, 15) is 23.6 Å². The van der Waals surface area contributed by atoms with Crippen LogP contribution in [-0.4, -0.2) is 30.6 Å². The average molecular weight is 472 g/mol. The molecule has 0 heterocycles. The van der Waals surface area contributed by atoms with Crippen molar-refractivity contribution in [3.63, 3.8) is 0 Å². The van der Waals surface area contributed by atoms with Crippen molar-refractivity contribution in [1.29, 1.82) is 0 Å². The Labute approximate surface area is 167 Å². The van der Waals surface area contributed by atoms with Gasteiger partial charge in [-0.3, -0.25) is 10.1 Å². The van der Waals surface area contributed by atoms with Crippen molar-refractivity contribution in [2.24, 2.45) is 15.9 Å². The van der Waals surface area contributed by atoms with Crippen LogP contribution in [0.2, 0.25) is 0 Å². The molecular formula is C15H14BrN5O6S. The monoisotopic (exact) mass is 471 g/mol. The van der Waals surface area contributed by atoms with E-state index in [1.54, 1.807) is 19.1 Å². The maximum Gasteiger partial charge on any atom is 0.317 e. The minimum atomic E-state index is -4.12. The number of nitro groups is 1. The Morgan fingerprint density at radius 2 is 2.00 bits per heavy atom. The fourth-order valence-electron chi connectivity index (χ4n) is 1.87. The Morgan fingerprint density at radius 3 is 2.61 bits per heavy atom. The van der Waals surface area contributed by atoms with Gasteiger partial charge in [0.25, 0.3) is 0 Å². The fourth-order valence-corrected chi connectivity index (χ4v) is 3.09. The number of aromatic hydroxyl groups is 1. The van der Waals surface area contributed by atoms with Crippen LogP contribution in [0.4, 0.5) is 5.69 Å². The molecule has 11 nitrogen and oxygen atoms in total. The van der Waals surface area contributed by atoms with Gasteiger partial charge in [-0.05, 0) is 25.1 Å². The number of benzene rings is 2. The van der Waals surface area contributed by atoms with Crippen LogP contribution in [-0.2, 0) is 14.4 Å². The highest BCUT2D eigenvalue weighted by atomic mass is 79.9. The second kappa shape index (κ2) is 8.77. The van der Waals surface area contributed by atoms with Gasteiger partial charge in [-0.15, -0.1) is 9.39 Å². The molecule has 0 saturated carbocycles. The predicted molar refractivity (Wildman–Crippen MR) is 104 cm³/mol. The normalized spacial score (nSPS) is 12.3. The van der Waals surface area contributed by atoms with Gasteiger partial charge in [0.15, 0.2) is 0 Å². The van der Waals surface area contributed by atoms with Crippen molar-refractivity contribution in [3.05, 3.63) is 62.1 Å². The molecule has 0 radical (unpaired) electrons. The molecule has 0 amide bonds. The Balaban J connectivity index is 2.09. The minimum Gasteiger partial charge on any atom is -0.502 e. The number of hydroxylamine groups is 1. The van der Waals surface area contributed by atoms with E-state index in [0.717, 1.165) is 17.8 Å². The average Bonchev–Trinajstić information content (AvgIpc) is 2.62. The molecule has 0 aliphatic rings. The third-order valence-electron chi connectivity index (χ3n) is 3.21. The van der Waals surface area contributed by atoms with Gasteiger partial charge in [0.1, 0.15) is 0 Å². The quantitative estimate of drug-likeness (QED) is 0.248. The molecule has 13 heteroatoms. The van der Waals surface area contributed by atoms with Crippen LogP contribution in [0.15, 0.2) is 56.0 Å². The number of halogens is 1. The lowest BCUT2D eigenvalue weighted by Crippen LogP contribution is -2.33. The van der Waals surface area contributed by atoms with Crippen LogP contribution in [0, 0.1) is 17.0 Å². The Kier molecular flexibility index (Phi) is 6.66. The van der Waals surface area contributed by atoms with E-state index < -0.39 is 32.4 Å². The minimum absolute atomic E-state index is 0.00850. The first kappa shape index (κ1) is 21.3. The number of guanidine groups is 1. The van der Waals surface area contributed by atoms with Crippen molar-refractivity contribution in [2.75, 3.05) is 0 Å². The zero-order chi connectivity index (χ0) is 20.9. The van der Waals surface area contributed by atoms with Crippen molar-refractivity contribution in [2.45, 2.75) is 11.8 Å². The van der Waals surface area contributed by atoms with Crippen LogP contribution in [0.1, 0.15) is 11.1 Å². The van der Waals surface area contributed by atoms with Gasteiger partial charge in [-0.1, -0.05) is 33.6 Å². The Bertz CT molecular complexity index is 1050. The number of rotatable bonds is 6. The van der Waals surface area contributed by atoms with Crippen LogP contribution < -0.4 is 11.2 Å². The van der Waals surface area contributed by atoms with Crippen molar-refractivity contribution >= 4 is 43.9 Å². The molecule has 0 atom stereocenters. The summed E-state index contributed by atoms with van der Waals surface area (Å²) in [7, 11) is -4.12. The van der Waals surface area contributed by atoms with Gasteiger partial charge in [0.2, 0.25) is 11.7 Å². The van der Waals surface area contributed by atoms with Gasteiger partial charge < -0.3 is 10.8 Å². The summed E-state index contributed by atoms with van der Waals surface area (Å²) in [6.07, 6.45) is 0.996.